The molecule has 3 aromatic rings. The summed E-state index contributed by atoms with van der Waals surface area (Å²) >= 11 is 0. The molecule has 3 aromatic carbocycles. The van der Waals surface area contributed by atoms with Crippen molar-refractivity contribution >= 4 is 5.97 Å². The Labute approximate surface area is 191 Å². The summed E-state index contributed by atoms with van der Waals surface area (Å²) in [4.78, 5) is 15.5. The molecule has 0 radical (unpaired) electrons. The largest absolute Gasteiger partial charge is 0.458 e. The maximum absolute atomic E-state index is 13.1. The summed E-state index contributed by atoms with van der Waals surface area (Å²) in [6, 6.07) is 31.0. The van der Waals surface area contributed by atoms with Crippen LogP contribution in [0.2, 0.25) is 0 Å². The van der Waals surface area contributed by atoms with E-state index in [9.17, 15) is 4.79 Å². The minimum absolute atomic E-state index is 0.00258. The van der Waals surface area contributed by atoms with Gasteiger partial charge in [-0.15, -0.1) is 0 Å². The van der Waals surface area contributed by atoms with Gasteiger partial charge in [-0.25, -0.2) is 4.79 Å². The average Bonchev–Trinajstić information content (AvgIpc) is 2.85. The Morgan fingerprint density at radius 1 is 0.750 bits per heavy atom. The lowest BCUT2D eigenvalue weighted by Crippen LogP contribution is -2.61. The average molecular weight is 426 g/mol. The molecule has 3 nitrogen and oxygen atoms in total. The lowest BCUT2D eigenvalue weighted by Gasteiger charge is -2.60. The zero-order chi connectivity index (χ0) is 22.1. The van der Waals surface area contributed by atoms with Crippen molar-refractivity contribution in [2.24, 2.45) is 5.92 Å². The van der Waals surface area contributed by atoms with E-state index in [2.05, 4.69) is 79.7 Å². The van der Waals surface area contributed by atoms with Gasteiger partial charge in [-0.05, 0) is 62.0 Å². The first-order valence-electron chi connectivity index (χ1n) is 11.6. The van der Waals surface area contributed by atoms with Crippen molar-refractivity contribution in [1.29, 1.82) is 0 Å². The Kier molecular flexibility index (Phi) is 5.60. The monoisotopic (exact) mass is 425 g/mol. The van der Waals surface area contributed by atoms with E-state index in [0.717, 1.165) is 19.3 Å². The summed E-state index contributed by atoms with van der Waals surface area (Å²) < 4.78 is 6.32. The number of hydrogen-bond donors (Lipinski definition) is 0. The van der Waals surface area contributed by atoms with Crippen LogP contribution in [0.5, 0.6) is 0 Å². The highest BCUT2D eigenvalue weighted by Crippen LogP contribution is 2.60. The number of hydrogen-bond acceptors (Lipinski definition) is 3. The van der Waals surface area contributed by atoms with Gasteiger partial charge in [0.2, 0.25) is 0 Å². The molecule has 32 heavy (non-hydrogen) atoms. The van der Waals surface area contributed by atoms with E-state index in [1.807, 2.05) is 30.3 Å². The molecule has 164 valence electrons. The third-order valence-corrected chi connectivity index (χ3v) is 7.81. The number of fused-ring (bicyclic) bond motifs is 3. The van der Waals surface area contributed by atoms with Crippen LogP contribution in [0.15, 0.2) is 91.0 Å². The number of rotatable bonds is 5. The van der Waals surface area contributed by atoms with Gasteiger partial charge in [0.15, 0.2) is 0 Å². The number of carbonyl (C=O) groups is 1. The first-order valence-corrected chi connectivity index (χ1v) is 11.6. The highest BCUT2D eigenvalue weighted by Gasteiger charge is 2.58. The van der Waals surface area contributed by atoms with Crippen LogP contribution in [0.3, 0.4) is 0 Å². The topological polar surface area (TPSA) is 29.5 Å². The van der Waals surface area contributed by atoms with E-state index < -0.39 is 0 Å². The maximum atomic E-state index is 13.1. The fourth-order valence-electron chi connectivity index (χ4n) is 6.18. The Morgan fingerprint density at radius 2 is 1.22 bits per heavy atom. The molecule has 3 aliphatic carbocycles. The van der Waals surface area contributed by atoms with Crippen LogP contribution in [0.25, 0.3) is 0 Å². The van der Waals surface area contributed by atoms with Gasteiger partial charge in [0, 0.05) is 17.9 Å². The molecule has 0 saturated heterocycles. The summed E-state index contributed by atoms with van der Waals surface area (Å²) in [5.41, 5.74) is 3.33. The quantitative estimate of drug-likeness (QED) is 0.477. The Morgan fingerprint density at radius 3 is 1.69 bits per heavy atom. The van der Waals surface area contributed by atoms with E-state index in [4.69, 9.17) is 4.74 Å². The SMILES string of the molecule is CN(C)C12C[C@@H](OC(=O)c3ccccc3)C([C@H](c3ccccc3)C1)[C@H](c1ccccc1)C2. The van der Waals surface area contributed by atoms with Crippen molar-refractivity contribution in [3.8, 4) is 0 Å². The zero-order valence-electron chi connectivity index (χ0n) is 18.9. The van der Waals surface area contributed by atoms with Crippen molar-refractivity contribution in [2.45, 2.75) is 42.7 Å². The molecule has 6 rings (SSSR count). The molecular formula is C29H31NO2. The van der Waals surface area contributed by atoms with Crippen LogP contribution in [-0.2, 0) is 4.74 Å². The van der Waals surface area contributed by atoms with Gasteiger partial charge in [-0.1, -0.05) is 78.9 Å². The van der Waals surface area contributed by atoms with Crippen molar-refractivity contribution in [2.75, 3.05) is 14.1 Å². The van der Waals surface area contributed by atoms with Crippen LogP contribution >= 0.6 is 0 Å². The molecule has 2 bridgehead atoms. The van der Waals surface area contributed by atoms with E-state index in [0.29, 0.717) is 17.4 Å². The van der Waals surface area contributed by atoms with E-state index in [1.54, 1.807) is 0 Å². The van der Waals surface area contributed by atoms with Crippen LogP contribution in [0.4, 0.5) is 0 Å². The molecular weight excluding hydrogens is 394 g/mol. The fraction of sp³-hybridized carbons (Fsp3) is 0.345. The van der Waals surface area contributed by atoms with Crippen LogP contribution < -0.4 is 0 Å². The van der Waals surface area contributed by atoms with Crippen LogP contribution in [0.1, 0.15) is 52.6 Å². The Hall–Kier alpha value is -2.91. The molecule has 3 atom stereocenters. The molecule has 3 fully saturated rings. The van der Waals surface area contributed by atoms with Gasteiger partial charge in [0.1, 0.15) is 6.10 Å². The second kappa shape index (κ2) is 8.55. The first-order chi connectivity index (χ1) is 15.6. The zero-order valence-corrected chi connectivity index (χ0v) is 18.9. The molecule has 0 heterocycles. The normalized spacial score (nSPS) is 29.1. The highest BCUT2D eigenvalue weighted by atomic mass is 16.5. The summed E-state index contributed by atoms with van der Waals surface area (Å²) in [5.74, 6) is 0.740. The summed E-state index contributed by atoms with van der Waals surface area (Å²) in [5, 5.41) is 0. The van der Waals surface area contributed by atoms with Crippen molar-refractivity contribution in [3.63, 3.8) is 0 Å². The Bertz CT molecular complexity index is 999. The van der Waals surface area contributed by atoms with Crippen molar-refractivity contribution in [1.82, 2.24) is 4.90 Å². The van der Waals surface area contributed by atoms with Gasteiger partial charge >= 0.3 is 5.97 Å². The first kappa shape index (κ1) is 21.0. The molecule has 0 amide bonds. The molecule has 3 aliphatic rings. The highest BCUT2D eigenvalue weighted by molar-refractivity contribution is 5.89. The predicted molar refractivity (Wildman–Crippen MR) is 128 cm³/mol. The number of benzene rings is 3. The number of carbonyl (C=O) groups excluding carboxylic acids is 1. The van der Waals surface area contributed by atoms with Gasteiger partial charge < -0.3 is 9.64 Å². The third kappa shape index (κ3) is 3.75. The molecule has 0 aliphatic heterocycles. The lowest BCUT2D eigenvalue weighted by molar-refractivity contribution is -0.0986. The van der Waals surface area contributed by atoms with E-state index in [1.165, 1.54) is 11.1 Å². The third-order valence-electron chi connectivity index (χ3n) is 7.81. The standard InChI is InChI=1S/C29H31NO2/c1-30(2)29-18-24(21-12-6-3-7-13-21)27(25(19-29)22-14-8-4-9-15-22)26(20-29)32-28(31)23-16-10-5-11-17-23/h3-17,24-27H,18-20H2,1-2H3/t24-,25-,26+,27?,29?/m0/s1. The second-order valence-corrected chi connectivity index (χ2v) is 9.65. The number of ether oxygens (including phenoxy) is 1. The van der Waals surface area contributed by atoms with E-state index in [-0.39, 0.29) is 23.5 Å². The summed E-state index contributed by atoms with van der Waals surface area (Å²) in [6.45, 7) is 0. The van der Waals surface area contributed by atoms with Crippen molar-refractivity contribution < 1.29 is 9.53 Å². The molecule has 3 heteroatoms. The van der Waals surface area contributed by atoms with Crippen LogP contribution in [0, 0.1) is 5.92 Å². The van der Waals surface area contributed by atoms with E-state index >= 15 is 0 Å². The summed E-state index contributed by atoms with van der Waals surface area (Å²) in [6.07, 6.45) is 2.95. The molecule has 0 aromatic heterocycles. The molecule has 0 N–H and O–H groups in total. The summed E-state index contributed by atoms with van der Waals surface area (Å²) in [7, 11) is 4.37. The van der Waals surface area contributed by atoms with Gasteiger partial charge in [0.05, 0.1) is 5.56 Å². The van der Waals surface area contributed by atoms with Gasteiger partial charge in [0.25, 0.3) is 0 Å². The predicted octanol–water partition coefficient (Wildman–Crippen LogP) is 5.89. The molecule has 0 spiro atoms. The number of nitrogens with zero attached hydrogens (tertiary/aromatic N) is 1. The second-order valence-electron chi connectivity index (χ2n) is 9.65. The lowest BCUT2D eigenvalue weighted by atomic mass is 9.52. The smallest absolute Gasteiger partial charge is 0.338 e. The fourth-order valence-corrected chi connectivity index (χ4v) is 6.18. The number of esters is 1. The maximum Gasteiger partial charge on any atom is 0.338 e. The minimum atomic E-state index is -0.212. The van der Waals surface area contributed by atoms with Gasteiger partial charge in [-0.2, -0.15) is 0 Å². The van der Waals surface area contributed by atoms with Gasteiger partial charge in [-0.3, -0.25) is 0 Å². The molecule has 3 saturated carbocycles. The Balaban J connectivity index is 1.57. The minimum Gasteiger partial charge on any atom is -0.458 e. The van der Waals surface area contributed by atoms with Crippen LogP contribution in [-0.4, -0.2) is 36.6 Å². The molecule has 0 unspecified atom stereocenters. The van der Waals surface area contributed by atoms with Crippen molar-refractivity contribution in [3.05, 3.63) is 108 Å².